The average molecular weight is 511 g/mol. The summed E-state index contributed by atoms with van der Waals surface area (Å²) in [5, 5.41) is 0.865. The summed E-state index contributed by atoms with van der Waals surface area (Å²) in [7, 11) is 0. The lowest BCUT2D eigenvalue weighted by Gasteiger charge is -2.42. The maximum Gasteiger partial charge on any atom is 0.340 e. The van der Waals surface area contributed by atoms with Crippen LogP contribution in [0.25, 0.3) is 11.0 Å². The van der Waals surface area contributed by atoms with Crippen LogP contribution >= 0.6 is 0 Å². The number of aromatic nitrogens is 1. The minimum atomic E-state index is -0.352. The third-order valence-electron chi connectivity index (χ3n) is 8.06. The number of rotatable bonds is 5. The van der Waals surface area contributed by atoms with Crippen molar-refractivity contribution in [1.82, 2.24) is 9.47 Å². The van der Waals surface area contributed by atoms with Crippen LogP contribution in [0, 0.1) is 19.8 Å². The van der Waals surface area contributed by atoms with E-state index in [0.717, 1.165) is 28.6 Å². The van der Waals surface area contributed by atoms with Gasteiger partial charge in [-0.3, -0.25) is 9.59 Å². The minimum absolute atomic E-state index is 0.0289. The molecule has 0 N–H and O–H groups in total. The first-order valence-corrected chi connectivity index (χ1v) is 13.1. The van der Waals surface area contributed by atoms with Gasteiger partial charge in [0.2, 0.25) is 0 Å². The Bertz CT molecular complexity index is 1650. The van der Waals surface area contributed by atoms with Crippen molar-refractivity contribution in [3.8, 4) is 5.75 Å². The van der Waals surface area contributed by atoms with E-state index in [2.05, 4.69) is 0 Å². The Balaban J connectivity index is 1.19. The highest BCUT2D eigenvalue weighted by Crippen LogP contribution is 2.35. The summed E-state index contributed by atoms with van der Waals surface area (Å²) < 4.78 is 13.6. The summed E-state index contributed by atoms with van der Waals surface area (Å²) in [6.07, 6.45) is 1.50. The smallest absolute Gasteiger partial charge is 0.340 e. The molecule has 194 valence electrons. The fourth-order valence-corrected chi connectivity index (χ4v) is 6.06. The monoisotopic (exact) mass is 510 g/mol. The molecule has 2 bridgehead atoms. The molecule has 6 rings (SSSR count). The minimum Gasteiger partial charge on any atom is -0.483 e. The number of carbonyl (C=O) groups excluding carboxylic acids is 1. The Labute approximate surface area is 220 Å². The predicted molar refractivity (Wildman–Crippen MR) is 145 cm³/mol. The molecule has 2 aromatic heterocycles. The Kier molecular flexibility index (Phi) is 6.14. The number of aryl methyl sites for hydroxylation is 2. The van der Waals surface area contributed by atoms with E-state index in [9.17, 15) is 14.4 Å². The molecule has 0 spiro atoms. The van der Waals surface area contributed by atoms with Crippen LogP contribution in [0.3, 0.4) is 0 Å². The zero-order chi connectivity index (χ0) is 26.4. The van der Waals surface area contributed by atoms with Crippen LogP contribution < -0.4 is 15.9 Å². The molecule has 4 aromatic rings. The van der Waals surface area contributed by atoms with Crippen molar-refractivity contribution in [3.63, 3.8) is 0 Å². The van der Waals surface area contributed by atoms with E-state index < -0.39 is 0 Å². The van der Waals surface area contributed by atoms with Gasteiger partial charge in [-0.1, -0.05) is 36.4 Å². The molecule has 4 heterocycles. The predicted octanol–water partition coefficient (Wildman–Crippen LogP) is 4.19. The molecular formula is C31H30N2O5. The molecule has 0 unspecified atom stereocenters. The first-order valence-electron chi connectivity index (χ1n) is 13.1. The topological polar surface area (TPSA) is 81.8 Å². The highest BCUT2D eigenvalue weighted by Gasteiger charge is 2.36. The van der Waals surface area contributed by atoms with Gasteiger partial charge in [0.05, 0.1) is 0 Å². The number of pyridine rings is 1. The van der Waals surface area contributed by atoms with Crippen molar-refractivity contribution in [1.29, 1.82) is 0 Å². The maximum absolute atomic E-state index is 13.1. The Hall–Kier alpha value is -4.13. The molecule has 0 radical (unpaired) electrons. The second-order valence-corrected chi connectivity index (χ2v) is 10.5. The number of amides is 1. The third kappa shape index (κ3) is 4.32. The molecule has 0 saturated carbocycles. The van der Waals surface area contributed by atoms with E-state index in [0.29, 0.717) is 48.5 Å². The molecule has 2 aliphatic rings. The Morgan fingerprint density at radius 3 is 2.58 bits per heavy atom. The average Bonchev–Trinajstić information content (AvgIpc) is 2.92. The lowest BCUT2D eigenvalue weighted by Crippen LogP contribution is -2.50. The van der Waals surface area contributed by atoms with Gasteiger partial charge in [-0.25, -0.2) is 4.79 Å². The Morgan fingerprint density at radius 1 is 0.947 bits per heavy atom. The van der Waals surface area contributed by atoms with E-state index in [1.165, 1.54) is 0 Å². The molecule has 1 amide bonds. The molecule has 1 fully saturated rings. The van der Waals surface area contributed by atoms with Crippen molar-refractivity contribution in [3.05, 3.63) is 109 Å². The summed E-state index contributed by atoms with van der Waals surface area (Å²) in [5.74, 6) is 0.861. The summed E-state index contributed by atoms with van der Waals surface area (Å²) >= 11 is 0. The van der Waals surface area contributed by atoms with E-state index in [-0.39, 0.29) is 35.5 Å². The second kappa shape index (κ2) is 9.63. The number of hydrogen-bond acceptors (Lipinski definition) is 5. The number of nitrogens with zero attached hydrogens (tertiary/aromatic N) is 2. The van der Waals surface area contributed by atoms with E-state index in [4.69, 9.17) is 9.15 Å². The van der Waals surface area contributed by atoms with Crippen molar-refractivity contribution < 1.29 is 13.9 Å². The summed E-state index contributed by atoms with van der Waals surface area (Å²) in [5.41, 5.74) is 4.46. The first kappa shape index (κ1) is 24.2. The van der Waals surface area contributed by atoms with Gasteiger partial charge >= 0.3 is 5.63 Å². The normalized spacial score (nSPS) is 18.3. The largest absolute Gasteiger partial charge is 0.483 e. The summed E-state index contributed by atoms with van der Waals surface area (Å²) in [6, 6.07) is 19.0. The zero-order valence-electron chi connectivity index (χ0n) is 21.6. The molecule has 7 nitrogen and oxygen atoms in total. The van der Waals surface area contributed by atoms with Gasteiger partial charge in [0.25, 0.3) is 11.5 Å². The number of benzene rings is 2. The van der Waals surface area contributed by atoms with Crippen LogP contribution in [0.2, 0.25) is 0 Å². The van der Waals surface area contributed by atoms with Crippen LogP contribution in [0.4, 0.5) is 0 Å². The van der Waals surface area contributed by atoms with E-state index in [1.807, 2.05) is 71.8 Å². The van der Waals surface area contributed by atoms with E-state index >= 15 is 0 Å². The quantitative estimate of drug-likeness (QED) is 0.376. The molecule has 2 aromatic carbocycles. The van der Waals surface area contributed by atoms with Crippen LogP contribution in [0.15, 0.2) is 74.7 Å². The molecule has 7 heteroatoms. The Morgan fingerprint density at radius 2 is 1.76 bits per heavy atom. The van der Waals surface area contributed by atoms with Crippen LogP contribution in [-0.4, -0.2) is 35.1 Å². The number of ether oxygens (including phenoxy) is 1. The SMILES string of the molecule is Cc1c(Cc2ccccc2)c(=O)oc2c(C)c(OCC(=O)N3C[C@@H]4C[C@H](C3)c3cccc(=O)n3C4)ccc12. The number of fused-ring (bicyclic) bond motifs is 5. The van der Waals surface area contributed by atoms with Crippen LogP contribution in [0.1, 0.15) is 40.3 Å². The van der Waals surface area contributed by atoms with Gasteiger partial charge in [-0.2, -0.15) is 0 Å². The van der Waals surface area contributed by atoms with Crippen molar-refractivity contribution in [2.24, 2.45) is 5.92 Å². The molecule has 1 saturated heterocycles. The maximum atomic E-state index is 13.1. The number of hydrogen-bond donors (Lipinski definition) is 0. The van der Waals surface area contributed by atoms with Crippen molar-refractivity contribution >= 4 is 16.9 Å². The molecular weight excluding hydrogens is 480 g/mol. The van der Waals surface area contributed by atoms with Gasteiger partial charge < -0.3 is 18.6 Å². The molecule has 0 aliphatic carbocycles. The number of piperidine rings is 1. The lowest BCUT2D eigenvalue weighted by atomic mass is 9.83. The van der Waals surface area contributed by atoms with Crippen molar-refractivity contribution in [2.45, 2.75) is 39.2 Å². The second-order valence-electron chi connectivity index (χ2n) is 10.5. The zero-order valence-corrected chi connectivity index (χ0v) is 21.6. The highest BCUT2D eigenvalue weighted by molar-refractivity contribution is 5.86. The molecule has 2 atom stereocenters. The van der Waals surface area contributed by atoms with Gasteiger partial charge in [0.1, 0.15) is 11.3 Å². The lowest BCUT2D eigenvalue weighted by molar-refractivity contribution is -0.136. The number of carbonyl (C=O) groups is 1. The standard InChI is InChI=1S/C31H30N2O5/c1-19-24-11-12-27(20(2)30(24)38-31(36)25(19)14-21-7-4-3-5-8-21)37-18-29(35)32-15-22-13-23(17-32)26-9-6-10-28(34)33(26)16-22/h3-12,22-23H,13-18H2,1-2H3/t22-,23+/m0/s1. The van der Waals surface area contributed by atoms with Gasteiger partial charge in [-0.05, 0) is 55.5 Å². The fourth-order valence-electron chi connectivity index (χ4n) is 6.06. The molecule has 2 aliphatic heterocycles. The van der Waals surface area contributed by atoms with Gasteiger partial charge in [0.15, 0.2) is 6.61 Å². The first-order chi connectivity index (χ1) is 18.4. The third-order valence-corrected chi connectivity index (χ3v) is 8.06. The van der Waals surface area contributed by atoms with Gasteiger partial charge in [-0.15, -0.1) is 0 Å². The van der Waals surface area contributed by atoms with E-state index in [1.54, 1.807) is 12.1 Å². The van der Waals surface area contributed by atoms with Gasteiger partial charge in [0, 0.05) is 60.2 Å². The van der Waals surface area contributed by atoms with Crippen molar-refractivity contribution in [2.75, 3.05) is 19.7 Å². The summed E-state index contributed by atoms with van der Waals surface area (Å²) in [6.45, 7) is 5.54. The highest BCUT2D eigenvalue weighted by atomic mass is 16.5. The fraction of sp³-hybridized carbons (Fsp3) is 0.323. The van der Waals surface area contributed by atoms with Crippen LogP contribution in [0.5, 0.6) is 5.75 Å². The van der Waals surface area contributed by atoms with Crippen LogP contribution in [-0.2, 0) is 17.8 Å². The number of likely N-dealkylation sites (tertiary alicyclic amines) is 1. The summed E-state index contributed by atoms with van der Waals surface area (Å²) in [4.78, 5) is 40.2. The molecule has 38 heavy (non-hydrogen) atoms.